The van der Waals surface area contributed by atoms with Crippen LogP contribution < -0.4 is 5.73 Å². The number of ether oxygens (including phenoxy) is 1. The summed E-state index contributed by atoms with van der Waals surface area (Å²) in [7, 11) is 0. The van der Waals surface area contributed by atoms with Crippen LogP contribution in [0.25, 0.3) is 0 Å². The molecule has 0 aromatic heterocycles. The van der Waals surface area contributed by atoms with Gasteiger partial charge in [-0.1, -0.05) is 19.9 Å². The van der Waals surface area contributed by atoms with E-state index in [1.165, 1.54) is 18.6 Å². The molecule has 1 aliphatic carbocycles. The van der Waals surface area contributed by atoms with Gasteiger partial charge in [0.2, 0.25) is 0 Å². The number of nitrogens with two attached hydrogens (primary N) is 1. The molecular formula is C16H24FNO. The van der Waals surface area contributed by atoms with Crippen LogP contribution in [-0.2, 0) is 17.9 Å². The van der Waals surface area contributed by atoms with Gasteiger partial charge >= 0.3 is 0 Å². The van der Waals surface area contributed by atoms with Crippen molar-refractivity contribution < 1.29 is 9.13 Å². The van der Waals surface area contributed by atoms with E-state index in [0.29, 0.717) is 19.3 Å². The van der Waals surface area contributed by atoms with Crippen molar-refractivity contribution >= 4 is 0 Å². The Morgan fingerprint density at radius 3 is 2.37 bits per heavy atom. The molecule has 2 rings (SSSR count). The van der Waals surface area contributed by atoms with Crippen LogP contribution >= 0.6 is 0 Å². The topological polar surface area (TPSA) is 35.2 Å². The van der Waals surface area contributed by atoms with Crippen LogP contribution in [0, 0.1) is 17.7 Å². The van der Waals surface area contributed by atoms with E-state index >= 15 is 0 Å². The molecule has 0 bridgehead atoms. The lowest BCUT2D eigenvalue weighted by Gasteiger charge is -2.31. The molecule has 1 aromatic rings. The third-order valence-corrected chi connectivity index (χ3v) is 3.87. The Hall–Kier alpha value is -0.930. The molecule has 0 saturated heterocycles. The fraction of sp³-hybridized carbons (Fsp3) is 0.625. The Kier molecular flexibility index (Phi) is 4.94. The highest BCUT2D eigenvalue weighted by Gasteiger charge is 2.24. The smallest absolute Gasteiger partial charge is 0.123 e. The predicted molar refractivity (Wildman–Crippen MR) is 75.0 cm³/mol. The van der Waals surface area contributed by atoms with Crippen molar-refractivity contribution in [1.82, 2.24) is 0 Å². The largest absolute Gasteiger partial charge is 0.374 e. The molecule has 1 saturated carbocycles. The van der Waals surface area contributed by atoms with Gasteiger partial charge < -0.3 is 10.5 Å². The predicted octanol–water partition coefficient (Wildman–Crippen LogP) is 3.63. The highest BCUT2D eigenvalue weighted by Crippen LogP contribution is 2.30. The second-order valence-corrected chi connectivity index (χ2v) is 6.02. The van der Waals surface area contributed by atoms with E-state index in [0.717, 1.165) is 35.8 Å². The first-order valence-electron chi connectivity index (χ1n) is 7.16. The summed E-state index contributed by atoms with van der Waals surface area (Å²) in [4.78, 5) is 0. The summed E-state index contributed by atoms with van der Waals surface area (Å²) in [5, 5.41) is 0. The highest BCUT2D eigenvalue weighted by molar-refractivity contribution is 5.24. The zero-order valence-electron chi connectivity index (χ0n) is 11.9. The van der Waals surface area contributed by atoms with Crippen molar-refractivity contribution in [2.75, 3.05) is 0 Å². The van der Waals surface area contributed by atoms with Gasteiger partial charge in [-0.3, -0.25) is 0 Å². The molecule has 19 heavy (non-hydrogen) atoms. The van der Waals surface area contributed by atoms with Crippen molar-refractivity contribution in [2.24, 2.45) is 17.6 Å². The quantitative estimate of drug-likeness (QED) is 0.902. The number of rotatable bonds is 4. The van der Waals surface area contributed by atoms with Gasteiger partial charge in [0.15, 0.2) is 0 Å². The van der Waals surface area contributed by atoms with E-state index in [-0.39, 0.29) is 5.82 Å². The molecular weight excluding hydrogens is 241 g/mol. The Balaban J connectivity index is 1.93. The SMILES string of the molecule is CC1CC(C)CC(OCc2cc(F)cc(CN)c2)C1. The minimum Gasteiger partial charge on any atom is -0.374 e. The Bertz CT molecular complexity index is 411. The Labute approximate surface area is 115 Å². The Morgan fingerprint density at radius 2 is 1.74 bits per heavy atom. The third-order valence-electron chi connectivity index (χ3n) is 3.87. The van der Waals surface area contributed by atoms with Crippen LogP contribution in [-0.4, -0.2) is 6.10 Å². The lowest BCUT2D eigenvalue weighted by molar-refractivity contribution is -0.00926. The van der Waals surface area contributed by atoms with Crippen LogP contribution in [0.3, 0.4) is 0 Å². The van der Waals surface area contributed by atoms with E-state index in [1.807, 2.05) is 6.07 Å². The zero-order valence-corrected chi connectivity index (χ0v) is 11.9. The molecule has 2 N–H and O–H groups in total. The van der Waals surface area contributed by atoms with Gasteiger partial charge in [-0.05, 0) is 54.4 Å². The summed E-state index contributed by atoms with van der Waals surface area (Å²) < 4.78 is 19.4. The maximum absolute atomic E-state index is 13.4. The second kappa shape index (κ2) is 6.49. The molecule has 0 radical (unpaired) electrons. The van der Waals surface area contributed by atoms with E-state index < -0.39 is 0 Å². The van der Waals surface area contributed by atoms with Gasteiger partial charge in [0, 0.05) is 6.54 Å². The van der Waals surface area contributed by atoms with E-state index in [2.05, 4.69) is 13.8 Å². The van der Waals surface area contributed by atoms with Crippen LogP contribution in [0.4, 0.5) is 4.39 Å². The summed E-state index contributed by atoms with van der Waals surface area (Å²) in [6, 6.07) is 4.95. The summed E-state index contributed by atoms with van der Waals surface area (Å²) >= 11 is 0. The first-order valence-corrected chi connectivity index (χ1v) is 7.16. The summed E-state index contributed by atoms with van der Waals surface area (Å²) in [6.07, 6.45) is 3.83. The lowest BCUT2D eigenvalue weighted by Crippen LogP contribution is -2.26. The van der Waals surface area contributed by atoms with Crippen LogP contribution in [0.15, 0.2) is 18.2 Å². The number of benzene rings is 1. The standard InChI is InChI=1S/C16H24FNO/c1-11-3-12(2)5-16(4-11)19-10-14-6-13(9-18)7-15(17)8-14/h6-8,11-12,16H,3-5,9-10,18H2,1-2H3. The number of halogens is 1. The molecule has 1 aromatic carbocycles. The lowest BCUT2D eigenvalue weighted by atomic mass is 9.82. The van der Waals surface area contributed by atoms with Crippen molar-refractivity contribution in [1.29, 1.82) is 0 Å². The summed E-state index contributed by atoms with van der Waals surface area (Å²) in [5.74, 6) is 1.22. The number of hydrogen-bond acceptors (Lipinski definition) is 2. The Morgan fingerprint density at radius 1 is 1.11 bits per heavy atom. The van der Waals surface area contributed by atoms with Gasteiger partial charge in [-0.15, -0.1) is 0 Å². The number of hydrogen-bond donors (Lipinski definition) is 1. The van der Waals surface area contributed by atoms with Gasteiger partial charge in [-0.2, -0.15) is 0 Å². The van der Waals surface area contributed by atoms with Gasteiger partial charge in [-0.25, -0.2) is 4.39 Å². The maximum atomic E-state index is 13.4. The van der Waals surface area contributed by atoms with Crippen molar-refractivity contribution in [3.63, 3.8) is 0 Å². The van der Waals surface area contributed by atoms with E-state index in [4.69, 9.17) is 10.5 Å². The molecule has 0 spiro atoms. The zero-order chi connectivity index (χ0) is 13.8. The minimum absolute atomic E-state index is 0.230. The summed E-state index contributed by atoms with van der Waals surface area (Å²) in [5.41, 5.74) is 7.26. The molecule has 3 heteroatoms. The van der Waals surface area contributed by atoms with E-state index in [9.17, 15) is 4.39 Å². The van der Waals surface area contributed by atoms with Gasteiger partial charge in [0.25, 0.3) is 0 Å². The molecule has 0 heterocycles. The molecule has 1 aliphatic rings. The van der Waals surface area contributed by atoms with Crippen molar-refractivity contribution in [2.45, 2.75) is 52.4 Å². The van der Waals surface area contributed by atoms with Crippen molar-refractivity contribution in [3.05, 3.63) is 35.1 Å². The fourth-order valence-corrected chi connectivity index (χ4v) is 3.14. The molecule has 2 atom stereocenters. The van der Waals surface area contributed by atoms with Crippen LogP contribution in [0.5, 0.6) is 0 Å². The van der Waals surface area contributed by atoms with E-state index in [1.54, 1.807) is 0 Å². The van der Waals surface area contributed by atoms with Crippen LogP contribution in [0.1, 0.15) is 44.2 Å². The first kappa shape index (κ1) is 14.5. The molecule has 0 amide bonds. The van der Waals surface area contributed by atoms with Crippen LogP contribution in [0.2, 0.25) is 0 Å². The maximum Gasteiger partial charge on any atom is 0.123 e. The normalized spacial score (nSPS) is 27.5. The second-order valence-electron chi connectivity index (χ2n) is 6.02. The van der Waals surface area contributed by atoms with Crippen molar-refractivity contribution in [3.8, 4) is 0 Å². The molecule has 106 valence electrons. The molecule has 2 nitrogen and oxygen atoms in total. The minimum atomic E-state index is -0.230. The summed E-state index contributed by atoms with van der Waals surface area (Å²) in [6.45, 7) is 5.40. The third kappa shape index (κ3) is 4.29. The molecule has 0 aliphatic heterocycles. The average molecular weight is 265 g/mol. The average Bonchev–Trinajstić information content (AvgIpc) is 2.34. The molecule has 1 fully saturated rings. The fourth-order valence-electron chi connectivity index (χ4n) is 3.14. The van der Waals surface area contributed by atoms with Gasteiger partial charge in [0.1, 0.15) is 5.82 Å². The molecule has 2 unspecified atom stereocenters. The highest BCUT2D eigenvalue weighted by atomic mass is 19.1. The monoisotopic (exact) mass is 265 g/mol. The van der Waals surface area contributed by atoms with Gasteiger partial charge in [0.05, 0.1) is 12.7 Å². The first-order chi connectivity index (χ1) is 9.06.